The van der Waals surface area contributed by atoms with Crippen molar-refractivity contribution in [2.75, 3.05) is 0 Å². The fourth-order valence-corrected chi connectivity index (χ4v) is 0. The second kappa shape index (κ2) is 1.76. The number of thiol groups is 1. The summed E-state index contributed by atoms with van der Waals surface area (Å²) in [4.78, 5) is 9.45. The van der Waals surface area contributed by atoms with E-state index >= 15 is 0 Å². The first-order valence-electron chi connectivity index (χ1n) is 1.12. The van der Waals surface area contributed by atoms with Crippen LogP contribution in [-0.4, -0.2) is 9.45 Å². The molecule has 4 nitrogen and oxygen atoms in total. The molecule has 0 bridgehead atoms. The minimum absolute atomic E-state index is 1.06. The van der Waals surface area contributed by atoms with Gasteiger partial charge < -0.3 is 5.73 Å². The van der Waals surface area contributed by atoms with E-state index in [-0.39, 0.29) is 0 Å². The van der Waals surface area contributed by atoms with Crippen LogP contribution in [0.25, 0.3) is 0 Å². The Hall–Kier alpha value is -0.580. The van der Waals surface area contributed by atoms with Gasteiger partial charge in [0.15, 0.2) is 0 Å². The van der Waals surface area contributed by atoms with Crippen molar-refractivity contribution in [1.82, 2.24) is 0 Å². The third kappa shape index (κ3) is 1.71. The molecule has 0 saturated carbocycles. The van der Waals surface area contributed by atoms with Gasteiger partial charge in [0.1, 0.15) is 10.6 Å². The summed E-state index contributed by atoms with van der Waals surface area (Å²) in [5, 5.41) is -1.06. The van der Waals surface area contributed by atoms with Crippen molar-refractivity contribution in [1.29, 1.82) is 4.78 Å². The third-order valence-electron chi connectivity index (χ3n) is 0.200. The Bertz CT molecular complexity index is 118. The summed E-state index contributed by atoms with van der Waals surface area (Å²) < 4.78 is 15.6. The van der Waals surface area contributed by atoms with E-state index in [1.54, 1.807) is 0 Å². The van der Waals surface area contributed by atoms with E-state index in [1.165, 1.54) is 0 Å². The SMILES string of the molecule is N=[SH](=O)C(N)=O. The summed E-state index contributed by atoms with van der Waals surface area (Å²) in [6, 6.07) is 0. The van der Waals surface area contributed by atoms with Gasteiger partial charge >= 0.3 is 5.24 Å². The van der Waals surface area contributed by atoms with Crippen LogP contribution in [-0.2, 0) is 10.6 Å². The zero-order valence-electron chi connectivity index (χ0n) is 2.84. The summed E-state index contributed by atoms with van der Waals surface area (Å²) in [5.74, 6) is 0. The largest absolute Gasteiger partial charge is 0.358 e. The number of hydrogen-bond acceptors (Lipinski definition) is 3. The van der Waals surface area contributed by atoms with Gasteiger partial charge in [0, 0.05) is 0 Å². The summed E-state index contributed by atoms with van der Waals surface area (Å²) in [7, 11) is -2.52. The molecule has 0 rings (SSSR count). The van der Waals surface area contributed by atoms with Crippen LogP contribution in [0.4, 0.5) is 4.79 Å². The van der Waals surface area contributed by atoms with Crippen molar-refractivity contribution in [3.63, 3.8) is 0 Å². The van der Waals surface area contributed by atoms with E-state index in [0.29, 0.717) is 0 Å². The maximum absolute atomic E-state index is 9.48. The number of nitrogens with two attached hydrogens (primary N) is 1. The quantitative estimate of drug-likeness (QED) is 0.359. The van der Waals surface area contributed by atoms with Gasteiger partial charge in [0.2, 0.25) is 0 Å². The van der Waals surface area contributed by atoms with Crippen LogP contribution in [0.15, 0.2) is 0 Å². The van der Waals surface area contributed by atoms with Crippen LogP contribution >= 0.6 is 0 Å². The number of nitrogens with one attached hydrogen (secondary N) is 1. The lowest BCUT2D eigenvalue weighted by Gasteiger charge is -1.69. The Balaban J connectivity index is 3.94. The van der Waals surface area contributed by atoms with E-state index in [4.69, 9.17) is 4.78 Å². The van der Waals surface area contributed by atoms with Crippen molar-refractivity contribution in [3.05, 3.63) is 0 Å². The first-order valence-corrected chi connectivity index (χ1v) is 2.38. The van der Waals surface area contributed by atoms with Crippen molar-refractivity contribution >= 4 is 15.8 Å². The topological polar surface area (TPSA) is 84.0 Å². The zero-order valence-corrected chi connectivity index (χ0v) is 3.74. The first-order chi connectivity index (χ1) is 2.64. The van der Waals surface area contributed by atoms with E-state index in [9.17, 15) is 9.00 Å². The van der Waals surface area contributed by atoms with E-state index in [1.807, 2.05) is 0 Å². The van der Waals surface area contributed by atoms with Gasteiger partial charge in [-0.1, -0.05) is 0 Å². The lowest BCUT2D eigenvalue weighted by Crippen LogP contribution is -2.07. The number of primary amides is 1. The molecular weight excluding hydrogens is 104 g/mol. The first kappa shape index (κ1) is 5.42. The second-order valence-corrected chi connectivity index (χ2v) is 1.66. The Morgan fingerprint density at radius 2 is 2.00 bits per heavy atom. The molecule has 1 amide bonds. The molecule has 1 atom stereocenters. The molecule has 36 valence electrons. The van der Waals surface area contributed by atoms with Crippen molar-refractivity contribution < 1.29 is 9.00 Å². The Kier molecular flexibility index (Phi) is 1.59. The lowest BCUT2D eigenvalue weighted by atomic mass is 11.5. The highest BCUT2D eigenvalue weighted by molar-refractivity contribution is 7.90. The van der Waals surface area contributed by atoms with Crippen LogP contribution < -0.4 is 5.73 Å². The number of hydrogen-bond donors (Lipinski definition) is 3. The van der Waals surface area contributed by atoms with Gasteiger partial charge in [-0.05, 0) is 0 Å². The van der Waals surface area contributed by atoms with Crippen LogP contribution in [0.1, 0.15) is 0 Å². The van der Waals surface area contributed by atoms with Gasteiger partial charge in [0.05, 0.1) is 0 Å². The molecule has 0 aromatic heterocycles. The maximum atomic E-state index is 9.48. The highest BCUT2D eigenvalue weighted by Crippen LogP contribution is 1.58. The van der Waals surface area contributed by atoms with Crippen LogP contribution in [0.3, 0.4) is 0 Å². The van der Waals surface area contributed by atoms with Gasteiger partial charge in [-0.2, -0.15) is 0 Å². The van der Waals surface area contributed by atoms with Gasteiger partial charge in [-0.25, -0.2) is 8.99 Å². The van der Waals surface area contributed by atoms with Crippen molar-refractivity contribution in [2.45, 2.75) is 0 Å². The van der Waals surface area contributed by atoms with Crippen LogP contribution in [0, 0.1) is 4.78 Å². The predicted molar refractivity (Wildman–Crippen MR) is 21.8 cm³/mol. The van der Waals surface area contributed by atoms with Crippen LogP contribution in [0.5, 0.6) is 0 Å². The van der Waals surface area contributed by atoms with Crippen molar-refractivity contribution in [2.24, 2.45) is 5.73 Å². The third-order valence-corrected chi connectivity index (χ3v) is 0.600. The fourth-order valence-electron chi connectivity index (χ4n) is 0. The predicted octanol–water partition coefficient (Wildman–Crippen LogP) is -0.692. The molecule has 0 fully saturated rings. The molecule has 0 aliphatic heterocycles. The van der Waals surface area contributed by atoms with E-state index < -0.39 is 15.8 Å². The van der Waals surface area contributed by atoms with Gasteiger partial charge in [0.25, 0.3) is 0 Å². The highest BCUT2D eigenvalue weighted by atomic mass is 32.2. The molecule has 1 unspecified atom stereocenters. The molecule has 0 aromatic carbocycles. The molecule has 0 spiro atoms. The molecule has 0 aromatic rings. The molecule has 3 N–H and O–H groups in total. The average Bonchev–Trinajstić information content (AvgIpc) is 1.36. The summed E-state index contributed by atoms with van der Waals surface area (Å²) >= 11 is 0. The zero-order chi connectivity index (χ0) is 5.15. The number of rotatable bonds is 0. The number of carbonyl (C=O) groups is 1. The summed E-state index contributed by atoms with van der Waals surface area (Å²) in [6.45, 7) is 0. The number of carbonyl (C=O) groups excluding carboxylic acids is 1. The molecule has 5 heteroatoms. The minimum atomic E-state index is -2.52. The normalized spacial score (nSPS) is 13.3. The molecule has 0 saturated heterocycles. The molecule has 0 aliphatic carbocycles. The Morgan fingerprint density at radius 3 is 2.00 bits per heavy atom. The maximum Gasteiger partial charge on any atom is 0.312 e. The summed E-state index contributed by atoms with van der Waals surface area (Å²) in [6.07, 6.45) is 0. The van der Waals surface area contributed by atoms with Gasteiger partial charge in [-0.15, -0.1) is 0 Å². The Labute approximate surface area is 36.3 Å². The minimum Gasteiger partial charge on any atom is -0.358 e. The smallest absolute Gasteiger partial charge is 0.312 e. The molecule has 0 radical (unpaired) electrons. The fraction of sp³-hybridized carbons (Fsp3) is 0. The standard InChI is InChI=1S/CH4N2O2S/c2-1(4)6(3)5/h3,6H,(H2,2,4). The van der Waals surface area contributed by atoms with Crippen LogP contribution in [0.2, 0.25) is 0 Å². The monoisotopic (exact) mass is 108 g/mol. The van der Waals surface area contributed by atoms with Crippen molar-refractivity contribution in [3.8, 4) is 0 Å². The van der Waals surface area contributed by atoms with Gasteiger partial charge in [-0.3, -0.25) is 4.79 Å². The molecule has 6 heavy (non-hydrogen) atoms. The highest BCUT2D eigenvalue weighted by Gasteiger charge is 1.83. The molecular formula is CH4N2O2S. The van der Waals surface area contributed by atoms with E-state index in [0.717, 1.165) is 0 Å². The number of amides is 1. The molecule has 0 heterocycles. The lowest BCUT2D eigenvalue weighted by molar-refractivity contribution is 0.266. The van der Waals surface area contributed by atoms with E-state index in [2.05, 4.69) is 5.73 Å². The summed E-state index contributed by atoms with van der Waals surface area (Å²) in [5.41, 5.74) is 4.33. The second-order valence-electron chi connectivity index (χ2n) is 0.633. The average molecular weight is 108 g/mol. The Morgan fingerprint density at radius 1 is 1.83 bits per heavy atom. The molecule has 0 aliphatic rings.